The van der Waals surface area contributed by atoms with E-state index in [1.54, 1.807) is 11.3 Å². The molecule has 1 unspecified atom stereocenters. The van der Waals surface area contributed by atoms with Crippen molar-refractivity contribution in [2.75, 3.05) is 7.05 Å². The second-order valence-corrected chi connectivity index (χ2v) is 6.38. The lowest BCUT2D eigenvalue weighted by atomic mass is 10.0. The van der Waals surface area contributed by atoms with Gasteiger partial charge in [0, 0.05) is 15.4 Å². The van der Waals surface area contributed by atoms with Crippen LogP contribution in [0.4, 0.5) is 0 Å². The van der Waals surface area contributed by atoms with E-state index in [1.165, 1.54) is 10.4 Å². The maximum absolute atomic E-state index is 6.35. The van der Waals surface area contributed by atoms with E-state index in [9.17, 15) is 0 Å². The molecule has 2 rings (SSSR count). The largest absolute Gasteiger partial charge is 0.312 e. The van der Waals surface area contributed by atoms with Gasteiger partial charge in [0.2, 0.25) is 0 Å². The van der Waals surface area contributed by atoms with Gasteiger partial charge in [-0.15, -0.1) is 11.3 Å². The number of halogens is 2. The molecule has 0 aliphatic carbocycles. The molecule has 0 spiro atoms. The molecule has 1 aromatic carbocycles. The van der Waals surface area contributed by atoms with Crippen molar-refractivity contribution in [1.82, 2.24) is 5.32 Å². The Morgan fingerprint density at radius 1 is 1.39 bits per heavy atom. The van der Waals surface area contributed by atoms with Crippen LogP contribution in [0.1, 0.15) is 22.0 Å². The summed E-state index contributed by atoms with van der Waals surface area (Å²) in [5, 5.41) is 6.36. The first-order chi connectivity index (χ1) is 8.63. The van der Waals surface area contributed by atoms with E-state index in [1.807, 2.05) is 20.0 Å². The van der Waals surface area contributed by atoms with Crippen molar-refractivity contribution < 1.29 is 0 Å². The number of rotatable bonds is 4. The number of aryl methyl sites for hydroxylation is 1. The van der Waals surface area contributed by atoms with Crippen LogP contribution in [0.3, 0.4) is 0 Å². The van der Waals surface area contributed by atoms with Gasteiger partial charge in [-0.25, -0.2) is 0 Å². The molecular formula is C14H15BrClNS. The highest BCUT2D eigenvalue weighted by molar-refractivity contribution is 9.10. The SMILES string of the molecule is CNC(Cc1ccccc1Br)c1scc(C)c1Cl. The minimum Gasteiger partial charge on any atom is -0.312 e. The lowest BCUT2D eigenvalue weighted by Crippen LogP contribution is -2.18. The lowest BCUT2D eigenvalue weighted by Gasteiger charge is -2.16. The maximum atomic E-state index is 6.35. The molecule has 0 bridgehead atoms. The van der Waals surface area contributed by atoms with E-state index in [2.05, 4.69) is 44.8 Å². The zero-order valence-corrected chi connectivity index (χ0v) is 13.5. The highest BCUT2D eigenvalue weighted by Crippen LogP contribution is 2.34. The molecule has 96 valence electrons. The van der Waals surface area contributed by atoms with Gasteiger partial charge >= 0.3 is 0 Å². The van der Waals surface area contributed by atoms with E-state index in [-0.39, 0.29) is 6.04 Å². The molecule has 0 saturated carbocycles. The van der Waals surface area contributed by atoms with Gasteiger partial charge in [0.15, 0.2) is 0 Å². The summed E-state index contributed by atoms with van der Waals surface area (Å²) in [7, 11) is 1.98. The van der Waals surface area contributed by atoms with Crippen molar-refractivity contribution in [3.8, 4) is 0 Å². The summed E-state index contributed by atoms with van der Waals surface area (Å²) in [4.78, 5) is 1.22. The maximum Gasteiger partial charge on any atom is 0.0590 e. The Hall–Kier alpha value is -0.350. The third-order valence-electron chi connectivity index (χ3n) is 2.97. The highest BCUT2D eigenvalue weighted by Gasteiger charge is 2.17. The van der Waals surface area contributed by atoms with Crippen molar-refractivity contribution in [3.05, 3.63) is 55.1 Å². The fraction of sp³-hybridized carbons (Fsp3) is 0.286. The zero-order valence-electron chi connectivity index (χ0n) is 10.3. The van der Waals surface area contributed by atoms with Crippen LogP contribution >= 0.6 is 38.9 Å². The molecule has 0 amide bonds. The van der Waals surface area contributed by atoms with Crippen LogP contribution in [0.25, 0.3) is 0 Å². The predicted octanol–water partition coefficient (Wildman–Crippen LogP) is 4.98. The first-order valence-electron chi connectivity index (χ1n) is 5.77. The smallest absolute Gasteiger partial charge is 0.0590 e. The molecule has 2 aromatic rings. The van der Waals surface area contributed by atoms with E-state index in [0.717, 1.165) is 21.5 Å². The van der Waals surface area contributed by atoms with Gasteiger partial charge in [0.1, 0.15) is 0 Å². The van der Waals surface area contributed by atoms with Gasteiger partial charge in [-0.1, -0.05) is 45.7 Å². The Bertz CT molecular complexity index is 538. The van der Waals surface area contributed by atoms with Gasteiger partial charge in [-0.3, -0.25) is 0 Å². The quantitative estimate of drug-likeness (QED) is 0.825. The molecule has 0 fully saturated rings. The Kier molecular flexibility index (Phi) is 4.84. The number of likely N-dealkylation sites (N-methyl/N-ethyl adjacent to an activating group) is 1. The van der Waals surface area contributed by atoms with Gasteiger partial charge in [-0.2, -0.15) is 0 Å². The molecule has 1 heterocycles. The highest BCUT2D eigenvalue weighted by atomic mass is 79.9. The fourth-order valence-corrected chi connectivity index (χ4v) is 3.78. The monoisotopic (exact) mass is 343 g/mol. The molecule has 1 atom stereocenters. The van der Waals surface area contributed by atoms with Crippen molar-refractivity contribution in [1.29, 1.82) is 0 Å². The summed E-state index contributed by atoms with van der Waals surface area (Å²) in [6.45, 7) is 2.05. The van der Waals surface area contributed by atoms with Crippen LogP contribution in [0.5, 0.6) is 0 Å². The first-order valence-corrected chi connectivity index (χ1v) is 7.82. The topological polar surface area (TPSA) is 12.0 Å². The number of nitrogens with one attached hydrogen (secondary N) is 1. The summed E-state index contributed by atoms with van der Waals surface area (Å²) in [6, 6.07) is 8.57. The summed E-state index contributed by atoms with van der Waals surface area (Å²) < 4.78 is 1.15. The molecular weight excluding hydrogens is 330 g/mol. The summed E-state index contributed by atoms with van der Waals surface area (Å²) in [6.07, 6.45) is 0.928. The average Bonchev–Trinajstić information content (AvgIpc) is 2.70. The molecule has 0 aliphatic rings. The minimum atomic E-state index is 0.259. The standard InChI is InChI=1S/C14H15BrClNS/c1-9-8-18-14(13(9)16)12(17-2)7-10-5-3-4-6-11(10)15/h3-6,8,12,17H,7H2,1-2H3. The number of hydrogen-bond acceptors (Lipinski definition) is 2. The number of thiophene rings is 1. The molecule has 0 saturated heterocycles. The van der Waals surface area contributed by atoms with Crippen LogP contribution in [0.15, 0.2) is 34.1 Å². The summed E-state index contributed by atoms with van der Waals surface area (Å²) in [5.74, 6) is 0. The van der Waals surface area contributed by atoms with Crippen molar-refractivity contribution in [3.63, 3.8) is 0 Å². The normalized spacial score (nSPS) is 12.7. The van der Waals surface area contributed by atoms with Gasteiger partial charge in [0.25, 0.3) is 0 Å². The van der Waals surface area contributed by atoms with E-state index in [0.29, 0.717) is 0 Å². The lowest BCUT2D eigenvalue weighted by molar-refractivity contribution is 0.601. The molecule has 1 N–H and O–H groups in total. The van der Waals surface area contributed by atoms with Crippen LogP contribution in [-0.2, 0) is 6.42 Å². The molecule has 1 nitrogen and oxygen atoms in total. The zero-order chi connectivity index (χ0) is 13.1. The number of benzene rings is 1. The van der Waals surface area contributed by atoms with Crippen molar-refractivity contribution in [2.45, 2.75) is 19.4 Å². The third-order valence-corrected chi connectivity index (χ3v) is 5.57. The van der Waals surface area contributed by atoms with Gasteiger partial charge < -0.3 is 5.32 Å². The van der Waals surface area contributed by atoms with Crippen molar-refractivity contribution in [2.24, 2.45) is 0 Å². The first kappa shape index (κ1) is 14.1. The molecule has 0 aliphatic heterocycles. The predicted molar refractivity (Wildman–Crippen MR) is 83.7 cm³/mol. The molecule has 0 radical (unpaired) electrons. The second-order valence-electron chi connectivity index (χ2n) is 4.23. The van der Waals surface area contributed by atoms with Crippen LogP contribution in [-0.4, -0.2) is 7.05 Å². The summed E-state index contributed by atoms with van der Waals surface area (Å²) in [5.41, 5.74) is 2.45. The van der Waals surface area contributed by atoms with E-state index in [4.69, 9.17) is 11.6 Å². The fourth-order valence-electron chi connectivity index (χ4n) is 1.89. The average molecular weight is 345 g/mol. The number of hydrogen-bond donors (Lipinski definition) is 1. The Morgan fingerprint density at radius 3 is 2.67 bits per heavy atom. The van der Waals surface area contributed by atoms with E-state index >= 15 is 0 Å². The van der Waals surface area contributed by atoms with E-state index < -0.39 is 0 Å². The Balaban J connectivity index is 2.25. The Labute approximate surface area is 125 Å². The van der Waals surface area contributed by atoms with Crippen LogP contribution in [0.2, 0.25) is 5.02 Å². The molecule has 4 heteroatoms. The van der Waals surface area contributed by atoms with Crippen LogP contribution in [0, 0.1) is 6.92 Å². The minimum absolute atomic E-state index is 0.259. The van der Waals surface area contributed by atoms with Gasteiger partial charge in [0.05, 0.1) is 5.02 Å². The second kappa shape index (κ2) is 6.20. The van der Waals surface area contributed by atoms with Crippen molar-refractivity contribution >= 4 is 38.9 Å². The summed E-state index contributed by atoms with van der Waals surface area (Å²) >= 11 is 11.7. The molecule has 1 aromatic heterocycles. The molecule has 18 heavy (non-hydrogen) atoms. The van der Waals surface area contributed by atoms with Crippen LogP contribution < -0.4 is 5.32 Å². The third kappa shape index (κ3) is 2.97. The Morgan fingerprint density at radius 2 is 2.11 bits per heavy atom. The van der Waals surface area contributed by atoms with Gasteiger partial charge in [-0.05, 0) is 43.0 Å².